The lowest BCUT2D eigenvalue weighted by atomic mass is 10.0. The van der Waals surface area contributed by atoms with Gasteiger partial charge in [-0.2, -0.15) is 8.78 Å². The summed E-state index contributed by atoms with van der Waals surface area (Å²) >= 11 is 0. The molecule has 102 valence electrons. The second-order valence-electron chi connectivity index (χ2n) is 3.58. The Kier molecular flexibility index (Phi) is 5.26. The molecule has 0 heterocycles. The zero-order valence-electron chi connectivity index (χ0n) is 9.72. The SMILES string of the molecule is COc1ccc(C(O)C(N)CO)cc1OC(F)F. The second-order valence-corrected chi connectivity index (χ2v) is 3.58. The van der Waals surface area contributed by atoms with Gasteiger partial charge in [0.1, 0.15) is 0 Å². The molecule has 4 N–H and O–H groups in total. The van der Waals surface area contributed by atoms with E-state index in [2.05, 4.69) is 4.74 Å². The van der Waals surface area contributed by atoms with Crippen LogP contribution in [0.1, 0.15) is 11.7 Å². The number of methoxy groups -OCH3 is 1. The van der Waals surface area contributed by atoms with E-state index in [1.54, 1.807) is 0 Å². The number of aliphatic hydroxyl groups excluding tert-OH is 2. The summed E-state index contributed by atoms with van der Waals surface area (Å²) in [6.45, 7) is -3.43. The molecule has 18 heavy (non-hydrogen) atoms. The number of halogens is 2. The molecular weight excluding hydrogens is 248 g/mol. The average molecular weight is 263 g/mol. The predicted octanol–water partition coefficient (Wildman–Crippen LogP) is 0.650. The Morgan fingerprint density at radius 3 is 2.50 bits per heavy atom. The van der Waals surface area contributed by atoms with E-state index in [4.69, 9.17) is 15.6 Å². The molecule has 0 aliphatic rings. The molecule has 0 bridgehead atoms. The van der Waals surface area contributed by atoms with Crippen molar-refractivity contribution in [1.29, 1.82) is 0 Å². The monoisotopic (exact) mass is 263 g/mol. The summed E-state index contributed by atoms with van der Waals surface area (Å²) in [5.41, 5.74) is 5.71. The zero-order chi connectivity index (χ0) is 13.7. The third-order valence-corrected chi connectivity index (χ3v) is 2.36. The van der Waals surface area contributed by atoms with Crippen LogP contribution in [0.3, 0.4) is 0 Å². The van der Waals surface area contributed by atoms with Crippen molar-refractivity contribution in [3.05, 3.63) is 23.8 Å². The first-order valence-electron chi connectivity index (χ1n) is 5.16. The maximum Gasteiger partial charge on any atom is 0.387 e. The van der Waals surface area contributed by atoms with Gasteiger partial charge in [0, 0.05) is 0 Å². The summed E-state index contributed by atoms with van der Waals surface area (Å²) in [7, 11) is 1.31. The predicted molar refractivity (Wildman–Crippen MR) is 59.6 cm³/mol. The van der Waals surface area contributed by atoms with E-state index in [0.29, 0.717) is 0 Å². The first-order valence-corrected chi connectivity index (χ1v) is 5.16. The largest absolute Gasteiger partial charge is 0.493 e. The Morgan fingerprint density at radius 2 is 2.00 bits per heavy atom. The number of hydrogen-bond donors (Lipinski definition) is 3. The first kappa shape index (κ1) is 14.6. The number of hydrogen-bond acceptors (Lipinski definition) is 5. The molecule has 7 heteroatoms. The lowest BCUT2D eigenvalue weighted by Crippen LogP contribution is -2.31. The van der Waals surface area contributed by atoms with E-state index < -0.39 is 25.4 Å². The third-order valence-electron chi connectivity index (χ3n) is 2.36. The van der Waals surface area contributed by atoms with Crippen LogP contribution in [-0.2, 0) is 0 Å². The number of nitrogens with two attached hydrogens (primary N) is 1. The maximum atomic E-state index is 12.2. The topological polar surface area (TPSA) is 84.9 Å². The van der Waals surface area contributed by atoms with E-state index in [0.717, 1.165) is 0 Å². The van der Waals surface area contributed by atoms with Gasteiger partial charge in [-0.15, -0.1) is 0 Å². The van der Waals surface area contributed by atoms with Crippen LogP contribution >= 0.6 is 0 Å². The highest BCUT2D eigenvalue weighted by Crippen LogP contribution is 2.32. The minimum absolute atomic E-state index is 0.115. The summed E-state index contributed by atoms with van der Waals surface area (Å²) in [5.74, 6) is -0.0852. The number of benzene rings is 1. The highest BCUT2D eigenvalue weighted by atomic mass is 19.3. The van der Waals surface area contributed by atoms with E-state index in [1.165, 1.54) is 25.3 Å². The van der Waals surface area contributed by atoms with Crippen LogP contribution in [-0.4, -0.2) is 36.6 Å². The normalized spacial score (nSPS) is 14.4. The van der Waals surface area contributed by atoms with Crippen molar-refractivity contribution in [1.82, 2.24) is 0 Å². The molecule has 0 saturated carbocycles. The van der Waals surface area contributed by atoms with Crippen molar-refractivity contribution in [3.8, 4) is 11.5 Å². The third kappa shape index (κ3) is 3.52. The fourth-order valence-electron chi connectivity index (χ4n) is 1.41. The van der Waals surface area contributed by atoms with Gasteiger partial charge in [-0.05, 0) is 17.7 Å². The summed E-state index contributed by atoms with van der Waals surface area (Å²) in [5, 5.41) is 18.6. The first-order chi connectivity index (χ1) is 8.49. The van der Waals surface area contributed by atoms with Crippen molar-refractivity contribution < 1.29 is 28.5 Å². The van der Waals surface area contributed by atoms with Crippen LogP contribution in [0.5, 0.6) is 11.5 Å². The van der Waals surface area contributed by atoms with Gasteiger partial charge < -0.3 is 25.4 Å². The molecular formula is C11H15F2NO4. The zero-order valence-corrected chi connectivity index (χ0v) is 9.72. The standard InChI is InChI=1S/C11H15F2NO4/c1-17-8-3-2-6(10(16)7(14)5-15)4-9(8)18-11(12)13/h2-4,7,10-11,15-16H,5,14H2,1H3. The average Bonchev–Trinajstić information content (AvgIpc) is 2.36. The van der Waals surface area contributed by atoms with Crippen LogP contribution in [0.15, 0.2) is 18.2 Å². The molecule has 1 aromatic carbocycles. The second kappa shape index (κ2) is 6.48. The van der Waals surface area contributed by atoms with Crippen molar-refractivity contribution in [2.45, 2.75) is 18.8 Å². The van der Waals surface area contributed by atoms with Crippen LogP contribution in [0.2, 0.25) is 0 Å². The molecule has 1 aromatic rings. The number of ether oxygens (including phenoxy) is 2. The smallest absolute Gasteiger partial charge is 0.387 e. The van der Waals surface area contributed by atoms with Gasteiger partial charge in [0.25, 0.3) is 0 Å². The number of alkyl halides is 2. The van der Waals surface area contributed by atoms with E-state index in [-0.39, 0.29) is 17.1 Å². The highest BCUT2D eigenvalue weighted by Gasteiger charge is 2.19. The molecule has 0 aliphatic carbocycles. The fourth-order valence-corrected chi connectivity index (χ4v) is 1.41. The van der Waals surface area contributed by atoms with E-state index in [9.17, 15) is 13.9 Å². The summed E-state index contributed by atoms with van der Waals surface area (Å²) in [6, 6.07) is 3.13. The van der Waals surface area contributed by atoms with Gasteiger partial charge in [0.15, 0.2) is 11.5 Å². The molecule has 2 unspecified atom stereocenters. The van der Waals surface area contributed by atoms with Crippen LogP contribution in [0.25, 0.3) is 0 Å². The van der Waals surface area contributed by atoms with Gasteiger partial charge in [0.2, 0.25) is 0 Å². The quantitative estimate of drug-likeness (QED) is 0.701. The molecule has 0 saturated heterocycles. The molecule has 0 aromatic heterocycles. The lowest BCUT2D eigenvalue weighted by Gasteiger charge is -2.18. The van der Waals surface area contributed by atoms with Gasteiger partial charge in [-0.3, -0.25) is 0 Å². The molecule has 2 atom stereocenters. The molecule has 0 radical (unpaired) electrons. The molecule has 0 amide bonds. The van der Waals surface area contributed by atoms with Crippen LogP contribution in [0.4, 0.5) is 8.78 Å². The van der Waals surface area contributed by atoms with Gasteiger partial charge in [-0.25, -0.2) is 0 Å². The Labute approximate surface area is 103 Å². The minimum Gasteiger partial charge on any atom is -0.493 e. The number of rotatable bonds is 6. The molecule has 0 spiro atoms. The van der Waals surface area contributed by atoms with Crippen LogP contribution < -0.4 is 15.2 Å². The van der Waals surface area contributed by atoms with Crippen LogP contribution in [0, 0.1) is 0 Å². The summed E-state index contributed by atoms with van der Waals surface area (Å²) in [4.78, 5) is 0. The number of aliphatic hydroxyl groups is 2. The molecule has 0 aliphatic heterocycles. The Bertz CT molecular complexity index is 389. The van der Waals surface area contributed by atoms with E-state index >= 15 is 0 Å². The van der Waals surface area contributed by atoms with Gasteiger partial charge in [-0.1, -0.05) is 6.07 Å². The summed E-state index contributed by atoms with van der Waals surface area (Å²) < 4.78 is 33.5. The molecule has 1 rings (SSSR count). The summed E-state index contributed by atoms with van der Waals surface area (Å²) in [6.07, 6.45) is -1.18. The highest BCUT2D eigenvalue weighted by molar-refractivity contribution is 5.43. The van der Waals surface area contributed by atoms with Gasteiger partial charge >= 0.3 is 6.61 Å². The fraction of sp³-hybridized carbons (Fsp3) is 0.455. The Hall–Kier alpha value is -1.44. The van der Waals surface area contributed by atoms with Gasteiger partial charge in [0.05, 0.1) is 25.9 Å². The van der Waals surface area contributed by atoms with Crippen molar-refractivity contribution >= 4 is 0 Å². The van der Waals surface area contributed by atoms with E-state index in [1.807, 2.05) is 0 Å². The van der Waals surface area contributed by atoms with Crippen molar-refractivity contribution in [2.75, 3.05) is 13.7 Å². The molecule has 0 fully saturated rings. The minimum atomic E-state index is -3.00. The van der Waals surface area contributed by atoms with Crippen molar-refractivity contribution in [3.63, 3.8) is 0 Å². The van der Waals surface area contributed by atoms with Crippen molar-refractivity contribution in [2.24, 2.45) is 5.73 Å². The molecule has 5 nitrogen and oxygen atoms in total. The Balaban J connectivity index is 3.01. The Morgan fingerprint density at radius 1 is 1.33 bits per heavy atom. The lowest BCUT2D eigenvalue weighted by molar-refractivity contribution is -0.0514. The maximum absolute atomic E-state index is 12.2.